The zero-order valence-corrected chi connectivity index (χ0v) is 16.3. The van der Waals surface area contributed by atoms with Crippen LogP contribution in [0.2, 0.25) is 0 Å². The predicted octanol–water partition coefficient (Wildman–Crippen LogP) is 4.07. The van der Waals surface area contributed by atoms with Crippen molar-refractivity contribution >= 4 is 5.91 Å². The lowest BCUT2D eigenvalue weighted by atomic mass is 9.70. The highest BCUT2D eigenvalue weighted by atomic mass is 16.5. The van der Waals surface area contributed by atoms with Gasteiger partial charge in [0.25, 0.3) is 0 Å². The van der Waals surface area contributed by atoms with Crippen LogP contribution in [0.4, 0.5) is 0 Å². The fraction of sp³-hybridized carbons (Fsp3) is 0.667. The molecule has 1 aromatic carbocycles. The molecule has 0 spiro atoms. The first-order valence-corrected chi connectivity index (χ1v) is 9.44. The summed E-state index contributed by atoms with van der Waals surface area (Å²) in [4.78, 5) is 12.7. The Labute approximate surface area is 152 Å². The summed E-state index contributed by atoms with van der Waals surface area (Å²) in [6.07, 6.45) is 4.23. The van der Waals surface area contributed by atoms with Crippen molar-refractivity contribution in [2.24, 2.45) is 23.7 Å². The number of benzene rings is 1. The van der Waals surface area contributed by atoms with Gasteiger partial charge in [0.05, 0.1) is 14.2 Å². The highest BCUT2D eigenvalue weighted by Crippen LogP contribution is 2.38. The Morgan fingerprint density at radius 1 is 1.20 bits per heavy atom. The molecule has 4 heteroatoms. The maximum Gasteiger partial charge on any atom is 0.223 e. The van der Waals surface area contributed by atoms with E-state index >= 15 is 0 Å². The molecule has 1 aliphatic carbocycles. The second kappa shape index (κ2) is 9.12. The van der Waals surface area contributed by atoms with Crippen molar-refractivity contribution in [3.05, 3.63) is 23.8 Å². The van der Waals surface area contributed by atoms with Crippen LogP contribution in [0.15, 0.2) is 18.2 Å². The van der Waals surface area contributed by atoms with E-state index in [1.807, 2.05) is 18.2 Å². The van der Waals surface area contributed by atoms with Crippen LogP contribution >= 0.6 is 0 Å². The number of carbonyl (C=O) groups is 1. The van der Waals surface area contributed by atoms with Gasteiger partial charge in [-0.05, 0) is 54.7 Å². The highest BCUT2D eigenvalue weighted by molar-refractivity contribution is 5.79. The first-order chi connectivity index (χ1) is 12.0. The Morgan fingerprint density at radius 2 is 1.92 bits per heavy atom. The molecular weight excluding hydrogens is 314 g/mol. The van der Waals surface area contributed by atoms with E-state index in [9.17, 15) is 4.79 Å². The Hall–Kier alpha value is -1.71. The zero-order valence-electron chi connectivity index (χ0n) is 16.3. The Bertz CT molecular complexity index is 570. The van der Waals surface area contributed by atoms with E-state index < -0.39 is 0 Å². The van der Waals surface area contributed by atoms with Gasteiger partial charge in [0.2, 0.25) is 5.91 Å². The van der Waals surface area contributed by atoms with Crippen LogP contribution in [0.1, 0.15) is 45.6 Å². The number of hydrogen-bond donors (Lipinski definition) is 1. The molecule has 25 heavy (non-hydrogen) atoms. The predicted molar refractivity (Wildman–Crippen MR) is 101 cm³/mol. The number of nitrogens with one attached hydrogen (secondary N) is 1. The maximum atomic E-state index is 12.7. The minimum absolute atomic E-state index is 0.161. The van der Waals surface area contributed by atoms with Crippen LogP contribution in [0, 0.1) is 23.7 Å². The number of hydrogen-bond acceptors (Lipinski definition) is 3. The van der Waals surface area contributed by atoms with Gasteiger partial charge in [-0.15, -0.1) is 0 Å². The van der Waals surface area contributed by atoms with Crippen molar-refractivity contribution in [1.82, 2.24) is 5.32 Å². The van der Waals surface area contributed by atoms with E-state index in [-0.39, 0.29) is 11.8 Å². The van der Waals surface area contributed by atoms with Gasteiger partial charge in [-0.2, -0.15) is 0 Å². The summed E-state index contributed by atoms with van der Waals surface area (Å²) in [5, 5.41) is 3.16. The number of carbonyl (C=O) groups excluding carboxylic acids is 1. The Morgan fingerprint density at radius 3 is 2.56 bits per heavy atom. The van der Waals surface area contributed by atoms with E-state index in [1.54, 1.807) is 14.2 Å². The molecular formula is C21H33NO3. The molecule has 0 radical (unpaired) electrons. The summed E-state index contributed by atoms with van der Waals surface area (Å²) in [6, 6.07) is 5.91. The third kappa shape index (κ3) is 5.13. The van der Waals surface area contributed by atoms with Gasteiger partial charge in [-0.3, -0.25) is 4.79 Å². The molecule has 1 fully saturated rings. The topological polar surface area (TPSA) is 47.6 Å². The van der Waals surface area contributed by atoms with E-state index in [1.165, 1.54) is 12.8 Å². The van der Waals surface area contributed by atoms with E-state index in [2.05, 4.69) is 26.1 Å². The van der Waals surface area contributed by atoms with Crippen LogP contribution in [-0.4, -0.2) is 26.7 Å². The van der Waals surface area contributed by atoms with E-state index in [4.69, 9.17) is 9.47 Å². The molecule has 3 atom stereocenters. The van der Waals surface area contributed by atoms with Crippen LogP contribution < -0.4 is 14.8 Å². The van der Waals surface area contributed by atoms with Gasteiger partial charge >= 0.3 is 0 Å². The summed E-state index contributed by atoms with van der Waals surface area (Å²) in [5.41, 5.74) is 1.13. The third-order valence-electron chi connectivity index (χ3n) is 5.52. The molecule has 140 valence electrons. The van der Waals surface area contributed by atoms with Crippen molar-refractivity contribution in [1.29, 1.82) is 0 Å². The lowest BCUT2D eigenvalue weighted by molar-refractivity contribution is -0.129. The molecule has 4 nitrogen and oxygen atoms in total. The number of amides is 1. The van der Waals surface area contributed by atoms with Crippen molar-refractivity contribution in [3.63, 3.8) is 0 Å². The molecule has 1 aromatic rings. The van der Waals surface area contributed by atoms with Crippen LogP contribution in [0.3, 0.4) is 0 Å². The summed E-state index contributed by atoms with van der Waals surface area (Å²) < 4.78 is 10.6. The number of methoxy groups -OCH3 is 2. The first kappa shape index (κ1) is 19.6. The monoisotopic (exact) mass is 347 g/mol. The maximum absolute atomic E-state index is 12.7. The van der Waals surface area contributed by atoms with Gasteiger partial charge in [-0.25, -0.2) is 0 Å². The lowest BCUT2D eigenvalue weighted by Gasteiger charge is -2.36. The first-order valence-electron chi connectivity index (χ1n) is 9.44. The zero-order chi connectivity index (χ0) is 18.4. The van der Waals surface area contributed by atoms with Crippen LogP contribution in [-0.2, 0) is 11.2 Å². The Balaban J connectivity index is 1.91. The molecule has 0 heterocycles. The molecule has 1 unspecified atom stereocenters. The van der Waals surface area contributed by atoms with Gasteiger partial charge < -0.3 is 14.8 Å². The highest BCUT2D eigenvalue weighted by Gasteiger charge is 2.35. The average Bonchev–Trinajstić information content (AvgIpc) is 2.61. The minimum Gasteiger partial charge on any atom is -0.493 e. The third-order valence-corrected chi connectivity index (χ3v) is 5.52. The molecule has 0 aliphatic heterocycles. The molecule has 0 aromatic heterocycles. The van der Waals surface area contributed by atoms with Gasteiger partial charge in [0.1, 0.15) is 0 Å². The lowest BCUT2D eigenvalue weighted by Crippen LogP contribution is -2.40. The standard InChI is InChI=1S/C21H33NO3/c1-14(2)17-8-6-15(3)12-18(17)21(23)22-11-10-16-7-9-19(24-4)20(13-16)25-5/h7,9,13-15,17-18H,6,8,10-12H2,1-5H3,(H,22,23)/t15-,17+,18?/m1/s1. The smallest absolute Gasteiger partial charge is 0.223 e. The van der Waals surface area contributed by atoms with Gasteiger partial charge in [0.15, 0.2) is 11.5 Å². The largest absolute Gasteiger partial charge is 0.493 e. The average molecular weight is 347 g/mol. The number of ether oxygens (including phenoxy) is 2. The van der Waals surface area contributed by atoms with Crippen molar-refractivity contribution in [2.75, 3.05) is 20.8 Å². The van der Waals surface area contributed by atoms with Gasteiger partial charge in [0, 0.05) is 12.5 Å². The van der Waals surface area contributed by atoms with E-state index in [0.717, 1.165) is 29.9 Å². The minimum atomic E-state index is 0.161. The second-order valence-corrected chi connectivity index (χ2v) is 7.66. The Kier molecular flexibility index (Phi) is 7.15. The molecule has 2 rings (SSSR count). The number of rotatable bonds is 7. The quantitative estimate of drug-likeness (QED) is 0.809. The summed E-state index contributed by atoms with van der Waals surface area (Å²) in [7, 11) is 3.27. The van der Waals surface area contributed by atoms with Crippen molar-refractivity contribution < 1.29 is 14.3 Å². The molecule has 1 amide bonds. The van der Waals surface area contributed by atoms with Crippen LogP contribution in [0.25, 0.3) is 0 Å². The summed E-state index contributed by atoms with van der Waals surface area (Å²) in [6.45, 7) is 7.40. The van der Waals surface area contributed by atoms with Gasteiger partial charge in [-0.1, -0.05) is 33.3 Å². The molecule has 1 saturated carbocycles. The molecule has 0 bridgehead atoms. The fourth-order valence-electron chi connectivity index (χ4n) is 4.00. The van der Waals surface area contributed by atoms with Crippen molar-refractivity contribution in [2.45, 2.75) is 46.5 Å². The summed E-state index contributed by atoms with van der Waals surface area (Å²) in [5.74, 6) is 3.57. The molecule has 1 N–H and O–H groups in total. The summed E-state index contributed by atoms with van der Waals surface area (Å²) >= 11 is 0. The van der Waals surface area contributed by atoms with Crippen molar-refractivity contribution in [3.8, 4) is 11.5 Å². The van der Waals surface area contributed by atoms with E-state index in [0.29, 0.717) is 24.3 Å². The second-order valence-electron chi connectivity index (χ2n) is 7.66. The normalized spacial score (nSPS) is 23.4. The fourth-order valence-corrected chi connectivity index (χ4v) is 4.00. The molecule has 1 aliphatic rings. The SMILES string of the molecule is COc1ccc(CCNC(=O)C2C[C@H](C)CC[C@H]2C(C)C)cc1OC. The molecule has 0 saturated heterocycles. The van der Waals surface area contributed by atoms with Crippen LogP contribution in [0.5, 0.6) is 11.5 Å².